The molecule has 0 atom stereocenters. The summed E-state index contributed by atoms with van der Waals surface area (Å²) < 4.78 is 64.4. The average molecular weight is 477 g/mol. The van der Waals surface area contributed by atoms with Crippen LogP contribution in [-0.2, 0) is 43.6 Å². The van der Waals surface area contributed by atoms with Gasteiger partial charge in [-0.25, -0.2) is 35.9 Å². The molecule has 0 amide bonds. The Balaban J connectivity index is 1.86. The van der Waals surface area contributed by atoms with Crippen LogP contribution in [0.15, 0.2) is 34.3 Å². The summed E-state index contributed by atoms with van der Waals surface area (Å²) in [6, 6.07) is 2.39. The van der Waals surface area contributed by atoms with Crippen molar-refractivity contribution in [3.63, 3.8) is 0 Å². The molecule has 14 heteroatoms. The van der Waals surface area contributed by atoms with Crippen LogP contribution >= 0.6 is 0 Å². The molecule has 0 aromatic carbocycles. The Hall–Kier alpha value is -2.68. The van der Waals surface area contributed by atoms with Crippen molar-refractivity contribution in [2.45, 2.75) is 16.2 Å². The number of rotatable bonds is 10. The van der Waals surface area contributed by atoms with Crippen molar-refractivity contribution >= 4 is 32.0 Å². The van der Waals surface area contributed by atoms with E-state index in [-0.39, 0.29) is 40.8 Å². The molecule has 2 aromatic heterocycles. The minimum atomic E-state index is -3.69. The van der Waals surface area contributed by atoms with Crippen LogP contribution in [0.5, 0.6) is 0 Å². The fraction of sp³-hybridized carbons (Fsp3) is 0.412. The molecule has 0 radical (unpaired) electrons. The first-order valence-corrected chi connectivity index (χ1v) is 11.9. The molecule has 172 valence electrons. The highest BCUT2D eigenvalue weighted by atomic mass is 32.2. The van der Waals surface area contributed by atoms with E-state index in [4.69, 9.17) is 9.47 Å². The molecule has 0 saturated carbocycles. The molecule has 31 heavy (non-hydrogen) atoms. The van der Waals surface area contributed by atoms with Gasteiger partial charge in [0.25, 0.3) is 0 Å². The highest BCUT2D eigenvalue weighted by Gasteiger charge is 2.21. The summed E-state index contributed by atoms with van der Waals surface area (Å²) in [6.45, 7) is -0.143. The monoisotopic (exact) mass is 476 g/mol. The second kappa shape index (κ2) is 9.64. The first-order valence-electron chi connectivity index (χ1n) is 8.97. The van der Waals surface area contributed by atoms with Crippen molar-refractivity contribution in [3.05, 3.63) is 35.9 Å². The van der Waals surface area contributed by atoms with Gasteiger partial charge in [0.05, 0.1) is 13.2 Å². The predicted octanol–water partition coefficient (Wildman–Crippen LogP) is -0.416. The van der Waals surface area contributed by atoms with E-state index in [2.05, 4.69) is 9.44 Å². The first kappa shape index (κ1) is 24.6. The van der Waals surface area contributed by atoms with Crippen molar-refractivity contribution in [3.8, 4) is 0 Å². The average Bonchev–Trinajstić information content (AvgIpc) is 3.31. The first-order chi connectivity index (χ1) is 14.4. The maximum absolute atomic E-state index is 12.2. The van der Waals surface area contributed by atoms with Gasteiger partial charge in [-0.15, -0.1) is 0 Å². The van der Waals surface area contributed by atoms with Gasteiger partial charge in [-0.05, 0) is 26.2 Å². The highest BCUT2D eigenvalue weighted by Crippen LogP contribution is 2.15. The summed E-state index contributed by atoms with van der Waals surface area (Å²) in [5.74, 6) is -1.45. The van der Waals surface area contributed by atoms with Gasteiger partial charge in [-0.3, -0.25) is 0 Å². The largest absolute Gasteiger partial charge is 0.461 e. The van der Waals surface area contributed by atoms with E-state index in [1.165, 1.54) is 61.9 Å². The number of hydrogen-bond donors (Lipinski definition) is 2. The smallest absolute Gasteiger partial charge is 0.354 e. The van der Waals surface area contributed by atoms with E-state index < -0.39 is 32.0 Å². The SMILES string of the molecule is CNS(=O)(=O)c1cc(C(=O)OCCCOC(=O)c2cc(S(=O)(=O)NC)cn2C)n(C)c1. The predicted molar refractivity (Wildman–Crippen MR) is 108 cm³/mol. The summed E-state index contributed by atoms with van der Waals surface area (Å²) in [5, 5.41) is 0. The molecule has 0 fully saturated rings. The van der Waals surface area contributed by atoms with Crippen LogP contribution in [0.3, 0.4) is 0 Å². The number of hydrogen-bond acceptors (Lipinski definition) is 8. The summed E-state index contributed by atoms with van der Waals surface area (Å²) >= 11 is 0. The summed E-state index contributed by atoms with van der Waals surface area (Å²) in [6.07, 6.45) is 2.76. The number of aromatic nitrogens is 2. The molecule has 0 bridgehead atoms. The van der Waals surface area contributed by atoms with Crippen LogP contribution < -0.4 is 9.44 Å². The molecule has 0 aliphatic heterocycles. The third kappa shape index (κ3) is 5.72. The normalized spacial score (nSPS) is 12.0. The van der Waals surface area contributed by atoms with Crippen molar-refractivity contribution in [2.24, 2.45) is 14.1 Å². The molecule has 2 N–H and O–H groups in total. The van der Waals surface area contributed by atoms with E-state index in [1.807, 2.05) is 0 Å². The van der Waals surface area contributed by atoms with Gasteiger partial charge in [0.2, 0.25) is 20.0 Å². The standard InChI is InChI=1S/C17H24N4O8S2/c1-18-30(24,25)12-8-14(20(3)10-12)16(22)28-6-5-7-29-17(23)15-9-13(11-21(15)4)31(26,27)19-2/h8-11,18-19H,5-7H2,1-4H3. The Morgan fingerprint density at radius 2 is 1.16 bits per heavy atom. The fourth-order valence-corrected chi connectivity index (χ4v) is 4.14. The summed E-state index contributed by atoms with van der Waals surface area (Å²) in [4.78, 5) is 24.2. The number of sulfonamides is 2. The number of ether oxygens (including phenoxy) is 2. The number of nitrogens with zero attached hydrogens (tertiary/aromatic N) is 2. The summed E-state index contributed by atoms with van der Waals surface area (Å²) in [7, 11) is -1.84. The highest BCUT2D eigenvalue weighted by molar-refractivity contribution is 7.89. The number of esters is 2. The third-order valence-corrected chi connectivity index (χ3v) is 7.05. The van der Waals surface area contributed by atoms with E-state index in [0.717, 1.165) is 0 Å². The lowest BCUT2D eigenvalue weighted by Gasteiger charge is -2.07. The molecule has 12 nitrogen and oxygen atoms in total. The molecule has 0 aliphatic rings. The Kier molecular flexibility index (Phi) is 7.64. The van der Waals surface area contributed by atoms with E-state index in [0.29, 0.717) is 0 Å². The lowest BCUT2D eigenvalue weighted by atomic mass is 10.4. The zero-order valence-electron chi connectivity index (χ0n) is 17.4. The Bertz CT molecular complexity index is 1090. The maximum Gasteiger partial charge on any atom is 0.354 e. The van der Waals surface area contributed by atoms with Crippen LogP contribution in [-0.4, -0.2) is 65.2 Å². The van der Waals surface area contributed by atoms with Gasteiger partial charge in [0.15, 0.2) is 0 Å². The van der Waals surface area contributed by atoms with E-state index in [1.54, 1.807) is 0 Å². The molecule has 0 saturated heterocycles. The van der Waals surface area contributed by atoms with Crippen molar-refractivity contribution in [1.29, 1.82) is 0 Å². The number of aryl methyl sites for hydroxylation is 2. The minimum Gasteiger partial charge on any atom is -0.461 e. The fourth-order valence-electron chi connectivity index (χ4n) is 2.54. The van der Waals surface area contributed by atoms with Gasteiger partial charge in [-0.1, -0.05) is 0 Å². The molecular formula is C17H24N4O8S2. The van der Waals surface area contributed by atoms with Crippen LogP contribution in [0.2, 0.25) is 0 Å². The van der Waals surface area contributed by atoms with Crippen molar-refractivity contribution in [1.82, 2.24) is 18.6 Å². The van der Waals surface area contributed by atoms with Crippen molar-refractivity contribution < 1.29 is 35.9 Å². The number of nitrogens with one attached hydrogen (secondary N) is 2. The van der Waals surface area contributed by atoms with Gasteiger partial charge >= 0.3 is 11.9 Å². The molecule has 0 spiro atoms. The zero-order chi connectivity index (χ0) is 23.4. The lowest BCUT2D eigenvalue weighted by Crippen LogP contribution is -2.17. The van der Waals surface area contributed by atoms with E-state index in [9.17, 15) is 26.4 Å². The Labute approximate surface area is 180 Å². The molecule has 2 rings (SSSR count). The van der Waals surface area contributed by atoms with Gasteiger partial charge in [-0.2, -0.15) is 0 Å². The zero-order valence-corrected chi connectivity index (χ0v) is 19.0. The quantitative estimate of drug-likeness (QED) is 0.346. The Morgan fingerprint density at radius 1 is 0.806 bits per heavy atom. The van der Waals surface area contributed by atoms with Crippen molar-refractivity contribution in [2.75, 3.05) is 27.3 Å². The van der Waals surface area contributed by atoms with Gasteiger partial charge < -0.3 is 18.6 Å². The van der Waals surface area contributed by atoms with Crippen LogP contribution in [0.4, 0.5) is 0 Å². The molecular weight excluding hydrogens is 452 g/mol. The minimum absolute atomic E-state index is 0.0490. The third-order valence-electron chi connectivity index (χ3n) is 4.29. The Morgan fingerprint density at radius 3 is 1.48 bits per heavy atom. The van der Waals surface area contributed by atoms with E-state index >= 15 is 0 Å². The van der Waals surface area contributed by atoms with Crippen LogP contribution in [0.25, 0.3) is 0 Å². The number of carbonyl (C=O) groups excluding carboxylic acids is 2. The van der Waals surface area contributed by atoms with Gasteiger partial charge in [0.1, 0.15) is 21.2 Å². The van der Waals surface area contributed by atoms with Crippen LogP contribution in [0, 0.1) is 0 Å². The molecule has 0 unspecified atom stereocenters. The molecule has 2 heterocycles. The number of carbonyl (C=O) groups is 2. The second-order valence-electron chi connectivity index (χ2n) is 6.38. The van der Waals surface area contributed by atoms with Gasteiger partial charge in [0, 0.05) is 32.9 Å². The second-order valence-corrected chi connectivity index (χ2v) is 10.2. The summed E-state index contributed by atoms with van der Waals surface area (Å²) in [5.41, 5.74) is 0.0980. The maximum atomic E-state index is 12.2. The van der Waals surface area contributed by atoms with Crippen LogP contribution in [0.1, 0.15) is 27.4 Å². The molecule has 2 aromatic rings. The topological polar surface area (TPSA) is 155 Å². The lowest BCUT2D eigenvalue weighted by molar-refractivity contribution is 0.0384. The molecule has 0 aliphatic carbocycles.